The molecule has 21 heavy (non-hydrogen) atoms. The maximum absolute atomic E-state index is 5.53. The molecular weight excluding hydrogens is 262 g/mol. The summed E-state index contributed by atoms with van der Waals surface area (Å²) in [7, 11) is 0. The quantitative estimate of drug-likeness (QED) is 0.777. The molecule has 2 aromatic heterocycles. The number of aryl methyl sites for hydroxylation is 1. The van der Waals surface area contributed by atoms with E-state index < -0.39 is 0 Å². The van der Waals surface area contributed by atoms with Crippen LogP contribution in [0.15, 0.2) is 55.0 Å². The van der Waals surface area contributed by atoms with Crippen molar-refractivity contribution in [3.8, 4) is 16.9 Å². The van der Waals surface area contributed by atoms with Crippen LogP contribution in [0.3, 0.4) is 0 Å². The maximum Gasteiger partial charge on any atom is 0.115 e. The van der Waals surface area contributed by atoms with Gasteiger partial charge in [0.15, 0.2) is 0 Å². The fourth-order valence-corrected chi connectivity index (χ4v) is 2.16. The Morgan fingerprint density at radius 3 is 2.67 bits per heavy atom. The summed E-state index contributed by atoms with van der Waals surface area (Å²) in [4.78, 5) is 4.10. The van der Waals surface area contributed by atoms with Crippen molar-refractivity contribution in [3.63, 3.8) is 0 Å². The minimum Gasteiger partial charge on any atom is -0.330 e. The van der Waals surface area contributed by atoms with Crippen molar-refractivity contribution < 1.29 is 0 Å². The molecule has 0 fully saturated rings. The lowest BCUT2D eigenvalue weighted by Gasteiger charge is -2.03. The lowest BCUT2D eigenvalue weighted by molar-refractivity contribution is 0.800. The zero-order chi connectivity index (χ0) is 14.5. The van der Waals surface area contributed by atoms with Gasteiger partial charge in [-0.1, -0.05) is 17.3 Å². The first kappa shape index (κ1) is 13.5. The Balaban J connectivity index is 1.80. The van der Waals surface area contributed by atoms with E-state index in [1.807, 2.05) is 30.5 Å². The highest BCUT2D eigenvalue weighted by atomic mass is 15.4. The minimum absolute atomic E-state index is 0.722. The molecule has 2 heterocycles. The highest BCUT2D eigenvalue weighted by Crippen LogP contribution is 2.16. The summed E-state index contributed by atoms with van der Waals surface area (Å²) in [5.74, 6) is 0. The van der Waals surface area contributed by atoms with E-state index in [0.29, 0.717) is 0 Å². The first-order valence-electron chi connectivity index (χ1n) is 6.99. The van der Waals surface area contributed by atoms with Crippen LogP contribution in [0.5, 0.6) is 0 Å². The van der Waals surface area contributed by atoms with E-state index >= 15 is 0 Å². The van der Waals surface area contributed by atoms with Crippen molar-refractivity contribution >= 4 is 0 Å². The van der Waals surface area contributed by atoms with Crippen molar-refractivity contribution in [2.45, 2.75) is 12.8 Å². The second kappa shape index (κ2) is 6.28. The molecule has 3 aromatic rings. The molecule has 0 unspecified atom stereocenters. The largest absolute Gasteiger partial charge is 0.330 e. The standard InChI is InChI=1S/C16H17N5/c17-9-1-3-13-5-7-15(8-6-13)21-12-16(19-20-21)14-4-2-10-18-11-14/h2,4-8,10-12H,1,3,9,17H2. The van der Waals surface area contributed by atoms with Gasteiger partial charge in [-0.2, -0.15) is 0 Å². The average molecular weight is 279 g/mol. The molecule has 1 aromatic carbocycles. The molecule has 2 N–H and O–H groups in total. The van der Waals surface area contributed by atoms with Crippen LogP contribution in [-0.4, -0.2) is 26.5 Å². The van der Waals surface area contributed by atoms with Gasteiger partial charge in [-0.25, -0.2) is 4.68 Å². The fourth-order valence-electron chi connectivity index (χ4n) is 2.16. The van der Waals surface area contributed by atoms with Crippen LogP contribution in [0.1, 0.15) is 12.0 Å². The number of aromatic nitrogens is 4. The third kappa shape index (κ3) is 3.14. The third-order valence-corrected chi connectivity index (χ3v) is 3.32. The lowest BCUT2D eigenvalue weighted by atomic mass is 10.1. The Hall–Kier alpha value is -2.53. The molecule has 0 atom stereocenters. The number of hydrogen-bond acceptors (Lipinski definition) is 4. The summed E-state index contributed by atoms with van der Waals surface area (Å²) in [6.45, 7) is 0.722. The minimum atomic E-state index is 0.722. The normalized spacial score (nSPS) is 10.7. The molecule has 0 bridgehead atoms. The van der Waals surface area contributed by atoms with Gasteiger partial charge >= 0.3 is 0 Å². The summed E-state index contributed by atoms with van der Waals surface area (Å²) in [5, 5.41) is 8.36. The van der Waals surface area contributed by atoms with Gasteiger partial charge in [0.2, 0.25) is 0 Å². The first-order chi connectivity index (χ1) is 10.4. The van der Waals surface area contributed by atoms with Crippen LogP contribution >= 0.6 is 0 Å². The topological polar surface area (TPSA) is 69.6 Å². The van der Waals surface area contributed by atoms with Gasteiger partial charge in [-0.05, 0) is 49.2 Å². The molecule has 0 aliphatic carbocycles. The van der Waals surface area contributed by atoms with Crippen LogP contribution in [0.2, 0.25) is 0 Å². The summed E-state index contributed by atoms with van der Waals surface area (Å²) < 4.78 is 1.77. The van der Waals surface area contributed by atoms with E-state index in [-0.39, 0.29) is 0 Å². The van der Waals surface area contributed by atoms with Crippen LogP contribution in [0.4, 0.5) is 0 Å². The van der Waals surface area contributed by atoms with Crippen LogP contribution in [-0.2, 0) is 6.42 Å². The number of benzene rings is 1. The van der Waals surface area contributed by atoms with Crippen LogP contribution in [0, 0.1) is 0 Å². The van der Waals surface area contributed by atoms with Crippen molar-refractivity contribution in [2.24, 2.45) is 5.73 Å². The number of pyridine rings is 1. The number of hydrogen-bond donors (Lipinski definition) is 1. The molecule has 106 valence electrons. The Kier molecular flexibility index (Phi) is 4.02. The van der Waals surface area contributed by atoms with Gasteiger partial charge in [0.1, 0.15) is 5.69 Å². The molecule has 0 saturated carbocycles. The van der Waals surface area contributed by atoms with Gasteiger partial charge in [0, 0.05) is 18.0 Å². The Morgan fingerprint density at radius 2 is 1.95 bits per heavy atom. The van der Waals surface area contributed by atoms with Crippen LogP contribution < -0.4 is 5.73 Å². The van der Waals surface area contributed by atoms with Gasteiger partial charge in [-0.3, -0.25) is 4.98 Å². The summed E-state index contributed by atoms with van der Waals surface area (Å²) in [6, 6.07) is 12.2. The van der Waals surface area contributed by atoms with Gasteiger partial charge in [0.05, 0.1) is 11.9 Å². The molecule has 0 radical (unpaired) electrons. The maximum atomic E-state index is 5.53. The summed E-state index contributed by atoms with van der Waals surface area (Å²) >= 11 is 0. The van der Waals surface area contributed by atoms with E-state index in [9.17, 15) is 0 Å². The Labute approximate surface area is 123 Å². The Morgan fingerprint density at radius 1 is 1.10 bits per heavy atom. The Bertz CT molecular complexity index is 688. The van der Waals surface area contributed by atoms with Crippen molar-refractivity contribution in [2.75, 3.05) is 6.54 Å². The molecule has 3 rings (SSSR count). The average Bonchev–Trinajstić information content (AvgIpc) is 3.04. The van der Waals surface area contributed by atoms with Crippen molar-refractivity contribution in [1.29, 1.82) is 0 Å². The molecular formula is C16H17N5. The first-order valence-corrected chi connectivity index (χ1v) is 6.99. The second-order valence-electron chi connectivity index (χ2n) is 4.85. The number of rotatable bonds is 5. The van der Waals surface area contributed by atoms with Crippen LogP contribution in [0.25, 0.3) is 16.9 Å². The SMILES string of the molecule is NCCCc1ccc(-n2cc(-c3cccnc3)nn2)cc1. The van der Waals surface area contributed by atoms with Gasteiger partial charge < -0.3 is 5.73 Å². The number of nitrogens with zero attached hydrogens (tertiary/aromatic N) is 4. The van der Waals surface area contributed by atoms with Gasteiger partial charge in [0.25, 0.3) is 0 Å². The monoisotopic (exact) mass is 279 g/mol. The second-order valence-corrected chi connectivity index (χ2v) is 4.85. The molecule has 0 amide bonds. The zero-order valence-corrected chi connectivity index (χ0v) is 11.7. The van der Waals surface area contributed by atoms with E-state index in [1.165, 1.54) is 5.56 Å². The van der Waals surface area contributed by atoms with Crippen molar-refractivity contribution in [1.82, 2.24) is 20.0 Å². The predicted octanol–water partition coefficient (Wildman–Crippen LogP) is 2.22. The lowest BCUT2D eigenvalue weighted by Crippen LogP contribution is -2.00. The molecule has 0 saturated heterocycles. The zero-order valence-electron chi connectivity index (χ0n) is 11.7. The highest BCUT2D eigenvalue weighted by Gasteiger charge is 2.05. The third-order valence-electron chi connectivity index (χ3n) is 3.32. The van der Waals surface area contributed by atoms with E-state index in [2.05, 4.69) is 27.4 Å². The van der Waals surface area contributed by atoms with E-state index in [4.69, 9.17) is 5.73 Å². The fraction of sp³-hybridized carbons (Fsp3) is 0.188. The smallest absolute Gasteiger partial charge is 0.115 e. The highest BCUT2D eigenvalue weighted by molar-refractivity contribution is 5.56. The summed E-state index contributed by atoms with van der Waals surface area (Å²) in [5.41, 5.74) is 9.59. The predicted molar refractivity (Wildman–Crippen MR) is 82.0 cm³/mol. The summed E-state index contributed by atoms with van der Waals surface area (Å²) in [6.07, 6.45) is 7.45. The molecule has 0 aliphatic heterocycles. The molecule has 5 heteroatoms. The van der Waals surface area contributed by atoms with E-state index in [1.54, 1.807) is 17.1 Å². The molecule has 5 nitrogen and oxygen atoms in total. The van der Waals surface area contributed by atoms with Crippen molar-refractivity contribution in [3.05, 3.63) is 60.6 Å². The van der Waals surface area contributed by atoms with Gasteiger partial charge in [-0.15, -0.1) is 5.10 Å². The molecule has 0 aliphatic rings. The number of nitrogens with two attached hydrogens (primary N) is 1. The van der Waals surface area contributed by atoms with E-state index in [0.717, 1.165) is 36.3 Å². The molecule has 0 spiro atoms.